The largest absolute Gasteiger partial charge is 0.329 e. The van der Waals surface area contributed by atoms with Crippen molar-refractivity contribution in [2.45, 2.75) is 32.1 Å². The first-order valence-electron chi connectivity index (χ1n) is 6.53. The molecule has 20 heavy (non-hydrogen) atoms. The molecule has 108 valence electrons. The van der Waals surface area contributed by atoms with Crippen molar-refractivity contribution in [1.82, 2.24) is 10.2 Å². The number of aromatic nitrogens is 2. The second-order valence-electron chi connectivity index (χ2n) is 5.91. The fraction of sp³-hybridized carbons (Fsp3) is 0.400. The number of aromatic amines is 1. The molecule has 0 aliphatic rings. The SMILES string of the molecule is CC(C)(C)c1cc(C(CN)c2ccc(F)cc2F)[nH]n1. The topological polar surface area (TPSA) is 54.7 Å². The van der Waals surface area contributed by atoms with Gasteiger partial charge in [0.2, 0.25) is 0 Å². The molecule has 1 unspecified atom stereocenters. The Kier molecular flexibility index (Phi) is 3.90. The highest BCUT2D eigenvalue weighted by molar-refractivity contribution is 5.32. The highest BCUT2D eigenvalue weighted by atomic mass is 19.1. The summed E-state index contributed by atoms with van der Waals surface area (Å²) in [6.45, 7) is 6.35. The van der Waals surface area contributed by atoms with Crippen molar-refractivity contribution in [2.75, 3.05) is 6.54 Å². The first-order valence-corrected chi connectivity index (χ1v) is 6.53. The van der Waals surface area contributed by atoms with Crippen LogP contribution in [-0.4, -0.2) is 16.7 Å². The Hall–Kier alpha value is -1.75. The summed E-state index contributed by atoms with van der Waals surface area (Å²) in [6.07, 6.45) is 0. The van der Waals surface area contributed by atoms with Gasteiger partial charge < -0.3 is 5.73 Å². The van der Waals surface area contributed by atoms with E-state index in [1.165, 1.54) is 12.1 Å². The van der Waals surface area contributed by atoms with E-state index < -0.39 is 11.6 Å². The molecule has 0 fully saturated rings. The zero-order chi connectivity index (χ0) is 14.9. The molecule has 0 spiro atoms. The smallest absolute Gasteiger partial charge is 0.130 e. The summed E-state index contributed by atoms with van der Waals surface area (Å²) in [5.74, 6) is -1.55. The molecule has 0 saturated carbocycles. The van der Waals surface area contributed by atoms with E-state index in [0.29, 0.717) is 5.56 Å². The highest BCUT2D eigenvalue weighted by Crippen LogP contribution is 2.28. The molecule has 0 bridgehead atoms. The second kappa shape index (κ2) is 5.32. The predicted octanol–water partition coefficient (Wildman–Crippen LogP) is 3.08. The number of halogens is 2. The number of hydrogen-bond donors (Lipinski definition) is 2. The third-order valence-corrected chi connectivity index (χ3v) is 3.32. The van der Waals surface area contributed by atoms with Gasteiger partial charge in [-0.05, 0) is 17.7 Å². The van der Waals surface area contributed by atoms with E-state index in [0.717, 1.165) is 17.5 Å². The van der Waals surface area contributed by atoms with E-state index in [9.17, 15) is 8.78 Å². The molecule has 1 heterocycles. The summed E-state index contributed by atoms with van der Waals surface area (Å²) < 4.78 is 26.9. The molecular weight excluding hydrogens is 260 g/mol. The summed E-state index contributed by atoms with van der Waals surface area (Å²) in [5.41, 5.74) is 7.65. The van der Waals surface area contributed by atoms with Crippen LogP contribution in [-0.2, 0) is 5.41 Å². The van der Waals surface area contributed by atoms with E-state index in [1.807, 2.05) is 26.8 Å². The Balaban J connectivity index is 2.40. The van der Waals surface area contributed by atoms with Crippen molar-refractivity contribution >= 4 is 0 Å². The Morgan fingerprint density at radius 2 is 1.95 bits per heavy atom. The molecule has 0 amide bonds. The van der Waals surface area contributed by atoms with Gasteiger partial charge in [-0.1, -0.05) is 26.8 Å². The quantitative estimate of drug-likeness (QED) is 0.907. The molecule has 2 rings (SSSR count). The molecule has 5 heteroatoms. The van der Waals surface area contributed by atoms with Gasteiger partial charge in [-0.15, -0.1) is 0 Å². The minimum atomic E-state index is -0.595. The van der Waals surface area contributed by atoms with E-state index in [4.69, 9.17) is 5.73 Å². The Bertz CT molecular complexity index is 599. The van der Waals surface area contributed by atoms with Crippen LogP contribution < -0.4 is 5.73 Å². The van der Waals surface area contributed by atoms with Gasteiger partial charge in [-0.25, -0.2) is 8.78 Å². The molecule has 0 aliphatic carbocycles. The van der Waals surface area contributed by atoms with Crippen LogP contribution >= 0.6 is 0 Å². The Morgan fingerprint density at radius 3 is 2.45 bits per heavy atom. The number of nitrogens with one attached hydrogen (secondary N) is 1. The van der Waals surface area contributed by atoms with Gasteiger partial charge >= 0.3 is 0 Å². The van der Waals surface area contributed by atoms with E-state index >= 15 is 0 Å². The summed E-state index contributed by atoms with van der Waals surface area (Å²) in [6, 6.07) is 5.43. The van der Waals surface area contributed by atoms with Crippen LogP contribution in [0.2, 0.25) is 0 Å². The summed E-state index contributed by atoms with van der Waals surface area (Å²) in [7, 11) is 0. The molecule has 2 aromatic rings. The monoisotopic (exact) mass is 279 g/mol. The number of benzene rings is 1. The van der Waals surface area contributed by atoms with Crippen LogP contribution in [0.15, 0.2) is 24.3 Å². The van der Waals surface area contributed by atoms with Crippen molar-refractivity contribution < 1.29 is 8.78 Å². The molecular formula is C15H19F2N3. The van der Waals surface area contributed by atoms with Crippen molar-refractivity contribution in [3.8, 4) is 0 Å². The van der Waals surface area contributed by atoms with Gasteiger partial charge in [-0.2, -0.15) is 5.10 Å². The van der Waals surface area contributed by atoms with Crippen molar-refractivity contribution in [3.63, 3.8) is 0 Å². The molecule has 0 saturated heterocycles. The molecule has 0 radical (unpaired) electrons. The van der Waals surface area contributed by atoms with Crippen LogP contribution in [0.1, 0.15) is 43.6 Å². The zero-order valence-electron chi connectivity index (χ0n) is 11.9. The summed E-state index contributed by atoms with van der Waals surface area (Å²) in [4.78, 5) is 0. The lowest BCUT2D eigenvalue weighted by molar-refractivity contribution is 0.562. The van der Waals surface area contributed by atoms with Crippen molar-refractivity contribution in [1.29, 1.82) is 0 Å². The molecule has 0 aliphatic heterocycles. The minimum Gasteiger partial charge on any atom is -0.329 e. The Labute approximate surface area is 117 Å². The number of nitrogens with two attached hydrogens (primary N) is 1. The number of H-pyrrole nitrogens is 1. The first-order chi connectivity index (χ1) is 9.32. The number of nitrogens with zero attached hydrogens (tertiary/aromatic N) is 1. The molecule has 3 N–H and O–H groups in total. The molecule has 1 aromatic carbocycles. The molecule has 1 aromatic heterocycles. The lowest BCUT2D eigenvalue weighted by Crippen LogP contribution is -2.16. The highest BCUT2D eigenvalue weighted by Gasteiger charge is 2.23. The van der Waals surface area contributed by atoms with Gasteiger partial charge in [0, 0.05) is 29.6 Å². The lowest BCUT2D eigenvalue weighted by atomic mass is 9.90. The maximum atomic E-state index is 13.9. The van der Waals surface area contributed by atoms with Gasteiger partial charge in [0.15, 0.2) is 0 Å². The second-order valence-corrected chi connectivity index (χ2v) is 5.91. The number of hydrogen-bond acceptors (Lipinski definition) is 2. The van der Waals surface area contributed by atoms with Crippen molar-refractivity contribution in [2.24, 2.45) is 5.73 Å². The third kappa shape index (κ3) is 2.88. The average Bonchev–Trinajstić information content (AvgIpc) is 2.82. The average molecular weight is 279 g/mol. The zero-order valence-corrected chi connectivity index (χ0v) is 11.9. The standard InChI is InChI=1S/C15H19F2N3/c1-15(2,3)14-7-13(19-20-14)11(8-18)10-5-4-9(16)6-12(10)17/h4-7,11H,8,18H2,1-3H3,(H,19,20). The van der Waals surface area contributed by atoms with Gasteiger partial charge in [0.25, 0.3) is 0 Å². The molecule has 1 atom stereocenters. The lowest BCUT2D eigenvalue weighted by Gasteiger charge is -2.15. The van der Waals surface area contributed by atoms with Crippen molar-refractivity contribution in [3.05, 3.63) is 52.9 Å². The maximum Gasteiger partial charge on any atom is 0.130 e. The summed E-state index contributed by atoms with van der Waals surface area (Å²) >= 11 is 0. The van der Waals surface area contributed by atoms with Crippen LogP contribution in [0.25, 0.3) is 0 Å². The third-order valence-electron chi connectivity index (χ3n) is 3.32. The normalized spacial score (nSPS) is 13.5. The predicted molar refractivity (Wildman–Crippen MR) is 74.5 cm³/mol. The fourth-order valence-corrected chi connectivity index (χ4v) is 2.10. The minimum absolute atomic E-state index is 0.102. The maximum absolute atomic E-state index is 13.9. The van der Waals surface area contributed by atoms with Crippen LogP contribution in [0.3, 0.4) is 0 Å². The van der Waals surface area contributed by atoms with Gasteiger partial charge in [-0.3, -0.25) is 5.10 Å². The van der Waals surface area contributed by atoms with Crippen LogP contribution in [0, 0.1) is 11.6 Å². The number of rotatable bonds is 3. The Morgan fingerprint density at radius 1 is 1.25 bits per heavy atom. The van der Waals surface area contributed by atoms with Gasteiger partial charge in [0.05, 0.1) is 5.69 Å². The van der Waals surface area contributed by atoms with Gasteiger partial charge in [0.1, 0.15) is 11.6 Å². The fourth-order valence-electron chi connectivity index (χ4n) is 2.10. The van der Waals surface area contributed by atoms with E-state index in [2.05, 4.69) is 10.2 Å². The summed E-state index contributed by atoms with van der Waals surface area (Å²) in [5, 5.41) is 7.17. The van der Waals surface area contributed by atoms with Crippen LogP contribution in [0.5, 0.6) is 0 Å². The first kappa shape index (κ1) is 14.7. The van der Waals surface area contributed by atoms with E-state index in [-0.39, 0.29) is 17.9 Å². The molecule has 3 nitrogen and oxygen atoms in total. The van der Waals surface area contributed by atoms with Crippen LogP contribution in [0.4, 0.5) is 8.78 Å². The van der Waals surface area contributed by atoms with E-state index in [1.54, 1.807) is 0 Å².